The van der Waals surface area contributed by atoms with Crippen molar-refractivity contribution in [1.29, 1.82) is 0 Å². The molecule has 3 heterocycles. The number of aromatic nitrogens is 4. The van der Waals surface area contributed by atoms with Gasteiger partial charge in [0.05, 0.1) is 39.1 Å². The summed E-state index contributed by atoms with van der Waals surface area (Å²) in [5, 5.41) is 4.53. The first-order valence-electron chi connectivity index (χ1n) is 19.3. The Morgan fingerprint density at radius 2 is 0.825 bits per heavy atom. The van der Waals surface area contributed by atoms with Crippen molar-refractivity contribution in [3.8, 4) is 34.2 Å². The SMILES string of the molecule is c1ccc(-c2cc(-c3ccccc3)nc(-n3c4ccccc4c4c(N(c5ccccc5)c5ccccc5)cc5c6ccccc6n(-c6ccccc6)c5c43)n2)cc1. The van der Waals surface area contributed by atoms with Gasteiger partial charge in [-0.25, -0.2) is 9.97 Å². The molecular weight excluding hydrogens is 695 g/mol. The van der Waals surface area contributed by atoms with Crippen molar-refractivity contribution in [3.63, 3.8) is 0 Å². The lowest BCUT2D eigenvalue weighted by Gasteiger charge is -2.27. The van der Waals surface area contributed by atoms with E-state index in [9.17, 15) is 0 Å². The third-order valence-electron chi connectivity index (χ3n) is 10.9. The van der Waals surface area contributed by atoms with Crippen molar-refractivity contribution >= 4 is 60.7 Å². The van der Waals surface area contributed by atoms with E-state index in [1.165, 1.54) is 5.39 Å². The Kier molecular flexibility index (Phi) is 7.74. The van der Waals surface area contributed by atoms with Crippen LogP contribution in [-0.2, 0) is 0 Å². The molecule has 0 aliphatic carbocycles. The molecule has 268 valence electrons. The van der Waals surface area contributed by atoms with Crippen LogP contribution in [0.25, 0.3) is 77.8 Å². The summed E-state index contributed by atoms with van der Waals surface area (Å²) in [6.07, 6.45) is 0. The first-order valence-corrected chi connectivity index (χ1v) is 19.3. The predicted octanol–water partition coefficient (Wildman–Crippen LogP) is 13.5. The average molecular weight is 730 g/mol. The molecule has 5 nitrogen and oxygen atoms in total. The molecule has 0 aliphatic rings. The first-order chi connectivity index (χ1) is 28.3. The van der Waals surface area contributed by atoms with Crippen LogP contribution in [-0.4, -0.2) is 19.1 Å². The second-order valence-corrected chi connectivity index (χ2v) is 14.2. The molecule has 0 spiro atoms. The Bertz CT molecular complexity index is 3110. The molecule has 0 bridgehead atoms. The second kappa shape index (κ2) is 13.5. The lowest BCUT2D eigenvalue weighted by molar-refractivity contribution is 0.995. The fourth-order valence-corrected chi connectivity index (χ4v) is 8.44. The maximum atomic E-state index is 5.45. The number of benzene rings is 8. The Balaban J connectivity index is 1.37. The van der Waals surface area contributed by atoms with Gasteiger partial charge in [-0.05, 0) is 60.7 Å². The smallest absolute Gasteiger partial charge is 0.235 e. The molecule has 0 amide bonds. The van der Waals surface area contributed by atoms with Gasteiger partial charge in [-0.1, -0.05) is 152 Å². The minimum atomic E-state index is 0.607. The van der Waals surface area contributed by atoms with Crippen molar-refractivity contribution in [3.05, 3.63) is 212 Å². The van der Waals surface area contributed by atoms with Crippen LogP contribution in [0, 0.1) is 0 Å². The van der Waals surface area contributed by atoms with Gasteiger partial charge in [0.15, 0.2) is 0 Å². The monoisotopic (exact) mass is 729 g/mol. The third kappa shape index (κ3) is 5.40. The van der Waals surface area contributed by atoms with E-state index in [1.807, 2.05) is 12.1 Å². The standard InChI is InChI=1S/C52H35N5/c1-6-20-36(21-7-1)44-35-45(37-22-8-2-9-23-37)54-52(53-44)57-47-33-19-17-31-42(47)49-48(55(38-24-10-3-11-25-38)39-26-12-4-13-27-39)34-43-41-30-16-18-32-46(41)56(50(43)51(49)57)40-28-14-5-15-29-40/h1-35H. The van der Waals surface area contributed by atoms with Gasteiger partial charge in [-0.3, -0.25) is 4.57 Å². The molecule has 0 saturated heterocycles. The number of hydrogen-bond acceptors (Lipinski definition) is 3. The van der Waals surface area contributed by atoms with Gasteiger partial charge in [0.2, 0.25) is 5.95 Å². The van der Waals surface area contributed by atoms with E-state index in [4.69, 9.17) is 9.97 Å². The van der Waals surface area contributed by atoms with E-state index < -0.39 is 0 Å². The summed E-state index contributed by atoms with van der Waals surface area (Å²) in [4.78, 5) is 13.3. The van der Waals surface area contributed by atoms with Gasteiger partial charge >= 0.3 is 0 Å². The van der Waals surface area contributed by atoms with Gasteiger partial charge in [0, 0.05) is 49.7 Å². The van der Waals surface area contributed by atoms with E-state index in [0.717, 1.165) is 83.5 Å². The topological polar surface area (TPSA) is 38.9 Å². The highest BCUT2D eigenvalue weighted by molar-refractivity contribution is 6.28. The maximum absolute atomic E-state index is 5.45. The molecule has 57 heavy (non-hydrogen) atoms. The zero-order valence-corrected chi connectivity index (χ0v) is 30.9. The Labute approximate surface area is 330 Å². The van der Waals surface area contributed by atoms with Crippen LogP contribution in [0.3, 0.4) is 0 Å². The molecule has 0 aliphatic heterocycles. The summed E-state index contributed by atoms with van der Waals surface area (Å²) in [6.45, 7) is 0. The van der Waals surface area contributed by atoms with Crippen molar-refractivity contribution < 1.29 is 0 Å². The Morgan fingerprint density at radius 3 is 1.39 bits per heavy atom. The van der Waals surface area contributed by atoms with E-state index >= 15 is 0 Å². The van der Waals surface area contributed by atoms with Crippen molar-refractivity contribution in [2.24, 2.45) is 0 Å². The third-order valence-corrected chi connectivity index (χ3v) is 10.9. The van der Waals surface area contributed by atoms with Gasteiger partial charge in [0.1, 0.15) is 0 Å². The van der Waals surface area contributed by atoms with Crippen molar-refractivity contribution in [2.45, 2.75) is 0 Å². The molecule has 3 aromatic heterocycles. The molecule has 0 saturated carbocycles. The van der Waals surface area contributed by atoms with Crippen molar-refractivity contribution in [2.75, 3.05) is 4.90 Å². The van der Waals surface area contributed by atoms with Gasteiger partial charge in [-0.2, -0.15) is 0 Å². The van der Waals surface area contributed by atoms with Crippen LogP contribution >= 0.6 is 0 Å². The molecule has 5 heteroatoms. The van der Waals surface area contributed by atoms with Gasteiger partial charge < -0.3 is 9.47 Å². The van der Waals surface area contributed by atoms with Crippen molar-refractivity contribution in [1.82, 2.24) is 19.1 Å². The summed E-state index contributed by atoms with van der Waals surface area (Å²) < 4.78 is 4.72. The Morgan fingerprint density at radius 1 is 0.368 bits per heavy atom. The molecule has 0 fully saturated rings. The molecule has 0 unspecified atom stereocenters. The van der Waals surface area contributed by atoms with E-state index in [0.29, 0.717) is 5.95 Å². The van der Waals surface area contributed by atoms with Crippen LogP contribution in [0.5, 0.6) is 0 Å². The largest absolute Gasteiger partial charge is 0.310 e. The molecule has 8 aromatic carbocycles. The van der Waals surface area contributed by atoms with Crippen LogP contribution in [0.4, 0.5) is 17.1 Å². The zero-order valence-electron chi connectivity index (χ0n) is 30.9. The molecule has 0 N–H and O–H groups in total. The van der Waals surface area contributed by atoms with E-state index in [-0.39, 0.29) is 0 Å². The molecule has 11 rings (SSSR count). The number of fused-ring (bicyclic) bond motifs is 7. The summed E-state index contributed by atoms with van der Waals surface area (Å²) >= 11 is 0. The highest BCUT2D eigenvalue weighted by atomic mass is 15.2. The summed E-state index contributed by atoms with van der Waals surface area (Å²) in [7, 11) is 0. The average Bonchev–Trinajstić information content (AvgIpc) is 3.81. The molecule has 11 aromatic rings. The van der Waals surface area contributed by atoms with E-state index in [2.05, 4.69) is 214 Å². The zero-order chi connectivity index (χ0) is 37.7. The second-order valence-electron chi connectivity index (χ2n) is 14.2. The van der Waals surface area contributed by atoms with Crippen LogP contribution < -0.4 is 4.90 Å². The summed E-state index contributed by atoms with van der Waals surface area (Å²) in [6, 6.07) is 74.8. The first kappa shape index (κ1) is 32.7. The lowest BCUT2D eigenvalue weighted by atomic mass is 10.0. The highest BCUT2D eigenvalue weighted by Crippen LogP contribution is 2.49. The number of anilines is 3. The molecule has 0 atom stereocenters. The number of nitrogens with zero attached hydrogens (tertiary/aromatic N) is 5. The predicted molar refractivity (Wildman–Crippen MR) is 236 cm³/mol. The summed E-state index contributed by atoms with van der Waals surface area (Å²) in [5.41, 5.74) is 12.4. The highest BCUT2D eigenvalue weighted by Gasteiger charge is 2.28. The van der Waals surface area contributed by atoms with E-state index in [1.54, 1.807) is 0 Å². The normalized spacial score (nSPS) is 11.5. The minimum Gasteiger partial charge on any atom is -0.310 e. The molecular formula is C52H35N5. The Hall–Kier alpha value is -7.76. The molecule has 0 radical (unpaired) electrons. The fourth-order valence-electron chi connectivity index (χ4n) is 8.44. The lowest BCUT2D eigenvalue weighted by Crippen LogP contribution is -2.11. The van der Waals surface area contributed by atoms with Crippen LogP contribution in [0.15, 0.2) is 212 Å². The van der Waals surface area contributed by atoms with Crippen LogP contribution in [0.1, 0.15) is 0 Å². The number of para-hydroxylation sites is 5. The maximum Gasteiger partial charge on any atom is 0.235 e. The summed E-state index contributed by atoms with van der Waals surface area (Å²) in [5.74, 6) is 0.607. The fraction of sp³-hybridized carbons (Fsp3) is 0. The minimum absolute atomic E-state index is 0.607. The quantitative estimate of drug-likeness (QED) is 0.164. The number of rotatable bonds is 7. The number of hydrogen-bond donors (Lipinski definition) is 0. The van der Waals surface area contributed by atoms with Crippen LogP contribution in [0.2, 0.25) is 0 Å². The van der Waals surface area contributed by atoms with Gasteiger partial charge in [0.25, 0.3) is 0 Å². The van der Waals surface area contributed by atoms with Gasteiger partial charge in [-0.15, -0.1) is 0 Å².